The molecule has 0 bridgehead atoms. The second kappa shape index (κ2) is 6.75. The lowest BCUT2D eigenvalue weighted by Crippen LogP contribution is -2.08. The topological polar surface area (TPSA) is 87.6 Å². The number of carbonyl (C=O) groups excluding carboxylic acids is 1. The van der Waals surface area contributed by atoms with Crippen molar-refractivity contribution in [2.75, 3.05) is 31.8 Å². The minimum atomic E-state index is -0.401. The molecule has 0 radical (unpaired) electrons. The van der Waals surface area contributed by atoms with E-state index in [1.165, 1.54) is 0 Å². The van der Waals surface area contributed by atoms with Gasteiger partial charge in [-0.3, -0.25) is 0 Å². The Kier molecular flexibility index (Phi) is 5.29. The summed E-state index contributed by atoms with van der Waals surface area (Å²) in [6.45, 7) is 1.04. The highest BCUT2D eigenvalue weighted by Gasteiger charge is 2.08. The Hall–Kier alpha value is -1.75. The summed E-state index contributed by atoms with van der Waals surface area (Å²) in [5.41, 5.74) is 12.5. The van der Waals surface area contributed by atoms with E-state index in [4.69, 9.17) is 20.9 Å². The molecule has 1 aromatic carbocycles. The van der Waals surface area contributed by atoms with Crippen LogP contribution >= 0.6 is 0 Å². The van der Waals surface area contributed by atoms with Crippen LogP contribution in [0.2, 0.25) is 0 Å². The molecule has 94 valence electrons. The zero-order chi connectivity index (χ0) is 12.7. The second-order valence-corrected chi connectivity index (χ2v) is 3.72. The highest BCUT2D eigenvalue weighted by molar-refractivity contribution is 5.91. The molecule has 4 N–H and O–H groups in total. The number of methoxy groups -OCH3 is 1. The SMILES string of the molecule is COCCCCOC(=O)c1cc(N)cc(N)c1. The van der Waals surface area contributed by atoms with Crippen LogP contribution in [-0.2, 0) is 9.47 Å². The molecule has 1 rings (SSSR count). The van der Waals surface area contributed by atoms with Crippen LogP contribution in [-0.4, -0.2) is 26.3 Å². The molecule has 5 heteroatoms. The molecule has 0 heterocycles. The van der Waals surface area contributed by atoms with Gasteiger partial charge in [-0.05, 0) is 31.0 Å². The van der Waals surface area contributed by atoms with Crippen LogP contribution in [0.3, 0.4) is 0 Å². The maximum Gasteiger partial charge on any atom is 0.338 e. The lowest BCUT2D eigenvalue weighted by atomic mass is 10.2. The summed E-state index contributed by atoms with van der Waals surface area (Å²) in [5.74, 6) is -0.401. The van der Waals surface area contributed by atoms with Gasteiger partial charge in [0.1, 0.15) is 0 Å². The quantitative estimate of drug-likeness (QED) is 0.444. The van der Waals surface area contributed by atoms with E-state index < -0.39 is 5.97 Å². The fourth-order valence-corrected chi connectivity index (χ4v) is 1.39. The van der Waals surface area contributed by atoms with Gasteiger partial charge in [0, 0.05) is 25.1 Å². The number of ether oxygens (including phenoxy) is 2. The molecule has 0 amide bonds. The van der Waals surface area contributed by atoms with E-state index >= 15 is 0 Å². The molecule has 5 nitrogen and oxygen atoms in total. The van der Waals surface area contributed by atoms with Gasteiger partial charge in [-0.1, -0.05) is 0 Å². The van der Waals surface area contributed by atoms with Crippen molar-refractivity contribution in [1.82, 2.24) is 0 Å². The Morgan fingerprint density at radius 3 is 2.29 bits per heavy atom. The number of hydrogen-bond donors (Lipinski definition) is 2. The number of nitrogen functional groups attached to an aromatic ring is 2. The normalized spacial score (nSPS) is 10.2. The van der Waals surface area contributed by atoms with Gasteiger partial charge in [0.05, 0.1) is 12.2 Å². The van der Waals surface area contributed by atoms with Crippen molar-refractivity contribution in [3.8, 4) is 0 Å². The van der Waals surface area contributed by atoms with Gasteiger partial charge in [-0.2, -0.15) is 0 Å². The number of unbranched alkanes of at least 4 members (excludes halogenated alkanes) is 1. The fourth-order valence-electron chi connectivity index (χ4n) is 1.39. The lowest BCUT2D eigenvalue weighted by molar-refractivity contribution is 0.0489. The predicted octanol–water partition coefficient (Wildman–Crippen LogP) is 1.43. The number of esters is 1. The summed E-state index contributed by atoms with van der Waals surface area (Å²) in [6, 6.07) is 4.69. The first kappa shape index (κ1) is 13.3. The molecule has 0 saturated heterocycles. The lowest BCUT2D eigenvalue weighted by Gasteiger charge is -2.06. The number of rotatable bonds is 6. The van der Waals surface area contributed by atoms with E-state index in [0.717, 1.165) is 12.8 Å². The zero-order valence-electron chi connectivity index (χ0n) is 9.94. The van der Waals surface area contributed by atoms with E-state index in [0.29, 0.717) is 30.2 Å². The number of hydrogen-bond acceptors (Lipinski definition) is 5. The van der Waals surface area contributed by atoms with Crippen molar-refractivity contribution >= 4 is 17.3 Å². The van der Waals surface area contributed by atoms with Crippen LogP contribution in [0, 0.1) is 0 Å². The Labute approximate surface area is 101 Å². The first-order chi connectivity index (χ1) is 8.13. The van der Waals surface area contributed by atoms with Gasteiger partial charge in [-0.25, -0.2) is 4.79 Å². The van der Waals surface area contributed by atoms with Gasteiger partial charge in [0.2, 0.25) is 0 Å². The molecule has 0 aliphatic heterocycles. The summed E-state index contributed by atoms with van der Waals surface area (Å²) < 4.78 is 9.97. The molecule has 0 fully saturated rings. The summed E-state index contributed by atoms with van der Waals surface area (Å²) in [5, 5.41) is 0. The number of carbonyl (C=O) groups is 1. The highest BCUT2D eigenvalue weighted by atomic mass is 16.5. The summed E-state index contributed by atoms with van der Waals surface area (Å²) in [7, 11) is 1.64. The molecular weight excluding hydrogens is 220 g/mol. The van der Waals surface area contributed by atoms with Crippen molar-refractivity contribution in [1.29, 1.82) is 0 Å². The van der Waals surface area contributed by atoms with Gasteiger partial charge in [-0.15, -0.1) is 0 Å². The van der Waals surface area contributed by atoms with E-state index in [1.54, 1.807) is 25.3 Å². The van der Waals surface area contributed by atoms with Crippen molar-refractivity contribution in [3.05, 3.63) is 23.8 Å². The number of nitrogens with two attached hydrogens (primary N) is 2. The van der Waals surface area contributed by atoms with Gasteiger partial charge in [0.15, 0.2) is 0 Å². The van der Waals surface area contributed by atoms with Crippen molar-refractivity contribution < 1.29 is 14.3 Å². The van der Waals surface area contributed by atoms with Crippen molar-refractivity contribution in [2.24, 2.45) is 0 Å². The first-order valence-electron chi connectivity index (χ1n) is 5.45. The van der Waals surface area contributed by atoms with Gasteiger partial charge in [0.25, 0.3) is 0 Å². The molecule has 17 heavy (non-hydrogen) atoms. The van der Waals surface area contributed by atoms with Crippen LogP contribution < -0.4 is 11.5 Å². The van der Waals surface area contributed by atoms with Crippen molar-refractivity contribution in [2.45, 2.75) is 12.8 Å². The third kappa shape index (κ3) is 4.74. The Morgan fingerprint density at radius 1 is 1.12 bits per heavy atom. The number of anilines is 2. The van der Waals surface area contributed by atoms with Crippen LogP contribution in [0.25, 0.3) is 0 Å². The highest BCUT2D eigenvalue weighted by Crippen LogP contribution is 2.14. The average molecular weight is 238 g/mol. The Bertz CT molecular complexity index is 360. The second-order valence-electron chi connectivity index (χ2n) is 3.72. The molecule has 0 aromatic heterocycles. The maximum atomic E-state index is 11.6. The van der Waals surface area contributed by atoms with E-state index in [1.807, 2.05) is 0 Å². The number of benzene rings is 1. The summed E-state index contributed by atoms with van der Waals surface area (Å²) in [4.78, 5) is 11.6. The molecule has 0 saturated carbocycles. The third-order valence-corrected chi connectivity index (χ3v) is 2.19. The zero-order valence-corrected chi connectivity index (χ0v) is 9.94. The Morgan fingerprint density at radius 2 is 1.71 bits per heavy atom. The molecule has 0 aliphatic rings. The van der Waals surface area contributed by atoms with Crippen LogP contribution in [0.15, 0.2) is 18.2 Å². The maximum absolute atomic E-state index is 11.6. The molecule has 0 atom stereocenters. The van der Waals surface area contributed by atoms with Crippen LogP contribution in [0.1, 0.15) is 23.2 Å². The molecule has 0 aliphatic carbocycles. The minimum absolute atomic E-state index is 0.372. The van der Waals surface area contributed by atoms with E-state index in [-0.39, 0.29) is 0 Å². The van der Waals surface area contributed by atoms with Crippen LogP contribution in [0.4, 0.5) is 11.4 Å². The molecular formula is C12H18N2O3. The minimum Gasteiger partial charge on any atom is -0.462 e. The monoisotopic (exact) mass is 238 g/mol. The smallest absolute Gasteiger partial charge is 0.338 e. The van der Waals surface area contributed by atoms with Crippen molar-refractivity contribution in [3.63, 3.8) is 0 Å². The summed E-state index contributed by atoms with van der Waals surface area (Å²) in [6.07, 6.45) is 1.64. The van der Waals surface area contributed by atoms with E-state index in [2.05, 4.69) is 0 Å². The first-order valence-corrected chi connectivity index (χ1v) is 5.45. The average Bonchev–Trinajstić information content (AvgIpc) is 2.27. The molecule has 0 spiro atoms. The standard InChI is InChI=1S/C12H18N2O3/c1-16-4-2-3-5-17-12(15)9-6-10(13)8-11(14)7-9/h6-8H,2-5,13-14H2,1H3. The largest absolute Gasteiger partial charge is 0.462 e. The predicted molar refractivity (Wildman–Crippen MR) is 66.7 cm³/mol. The molecule has 0 unspecified atom stereocenters. The van der Waals surface area contributed by atoms with E-state index in [9.17, 15) is 4.79 Å². The third-order valence-electron chi connectivity index (χ3n) is 2.19. The van der Waals surface area contributed by atoms with Gasteiger partial charge >= 0.3 is 5.97 Å². The molecule has 1 aromatic rings. The fraction of sp³-hybridized carbons (Fsp3) is 0.417. The van der Waals surface area contributed by atoms with Crippen LogP contribution in [0.5, 0.6) is 0 Å². The Balaban J connectivity index is 2.41. The van der Waals surface area contributed by atoms with Gasteiger partial charge < -0.3 is 20.9 Å². The summed E-state index contributed by atoms with van der Waals surface area (Å²) >= 11 is 0.